The van der Waals surface area contributed by atoms with Crippen molar-refractivity contribution in [1.82, 2.24) is 5.32 Å². The molecule has 1 fully saturated rings. The highest BCUT2D eigenvalue weighted by molar-refractivity contribution is 7.46. The lowest BCUT2D eigenvalue weighted by Crippen LogP contribution is -2.46. The minimum Gasteiger partial charge on any atom is -0.454 e. The number of phosphoric acid groups is 1. The number of aliphatic hydroxyl groups is 3. The average Bonchev–Trinajstić information content (AvgIpc) is 2.98. The Morgan fingerprint density at radius 3 is 2.64 bits per heavy atom. The Morgan fingerprint density at radius 2 is 1.96 bits per heavy atom. The van der Waals surface area contributed by atoms with Crippen molar-refractivity contribution in [3.8, 4) is 5.75 Å². The van der Waals surface area contributed by atoms with Crippen LogP contribution in [-0.4, -0.2) is 73.7 Å². The molecule has 0 spiro atoms. The smallest absolute Gasteiger partial charge is 0.454 e. The number of para-hydroxylation sites is 1. The van der Waals surface area contributed by atoms with E-state index in [2.05, 4.69) is 5.32 Å². The van der Waals surface area contributed by atoms with Gasteiger partial charge in [-0.15, -0.1) is 0 Å². The minimum atomic E-state index is -5.19. The maximum Gasteiger partial charge on any atom is 0.469 e. The van der Waals surface area contributed by atoms with E-state index in [1.165, 1.54) is 24.3 Å². The molecule has 12 nitrogen and oxygen atoms in total. The second kappa shape index (κ2) is 17.6. The quantitative estimate of drug-likeness (QED) is 0.0700. The van der Waals surface area contributed by atoms with Crippen molar-refractivity contribution in [2.24, 2.45) is 11.8 Å². The fraction of sp³-hybridized carbons (Fsp3) is 0.500. The molecule has 1 aromatic rings. The molecule has 1 aliphatic carbocycles. The molecule has 45 heavy (non-hydrogen) atoms. The molecule has 0 bridgehead atoms. The zero-order chi connectivity index (χ0) is 32.9. The SMILES string of the molecule is CC[C@H]1C=CC(=O)O[C@H]1/C=C/[C@](O)(CCNC(=O)Oc1ccccc1)[C@@H](C[C@@H](O)/C=C\C=C/[C@@H]1CCC[C@H](O)C1)OP(=O)(O)O. The van der Waals surface area contributed by atoms with Crippen molar-refractivity contribution in [3.05, 3.63) is 78.9 Å². The molecule has 0 radical (unpaired) electrons. The van der Waals surface area contributed by atoms with Crippen LogP contribution in [0, 0.1) is 11.8 Å². The molecule has 7 atom stereocenters. The summed E-state index contributed by atoms with van der Waals surface area (Å²) >= 11 is 0. The molecule has 0 aromatic heterocycles. The van der Waals surface area contributed by atoms with Gasteiger partial charge in [-0.2, -0.15) is 0 Å². The lowest BCUT2D eigenvalue weighted by molar-refractivity contribution is -0.143. The maximum absolute atomic E-state index is 12.4. The van der Waals surface area contributed by atoms with Crippen molar-refractivity contribution in [2.45, 2.75) is 81.9 Å². The van der Waals surface area contributed by atoms with Gasteiger partial charge in [0.25, 0.3) is 0 Å². The lowest BCUT2D eigenvalue weighted by Gasteiger charge is -2.35. The normalized spacial score (nSPS) is 25.2. The number of cyclic esters (lactones) is 1. The molecule has 0 saturated heterocycles. The summed E-state index contributed by atoms with van der Waals surface area (Å²) in [6, 6.07) is 8.28. The van der Waals surface area contributed by atoms with Gasteiger partial charge < -0.3 is 39.9 Å². The molecule has 13 heteroatoms. The third kappa shape index (κ3) is 13.0. The summed E-state index contributed by atoms with van der Waals surface area (Å²) in [5.74, 6) is -0.306. The largest absolute Gasteiger partial charge is 0.469 e. The first-order valence-electron chi connectivity index (χ1n) is 15.1. The number of aliphatic hydroxyl groups excluding tert-OH is 2. The van der Waals surface area contributed by atoms with Gasteiger partial charge in [-0.1, -0.05) is 68.0 Å². The molecule has 1 aliphatic heterocycles. The first kappa shape index (κ1) is 36.4. The molecule has 1 aromatic carbocycles. The summed E-state index contributed by atoms with van der Waals surface area (Å²) in [6.45, 7) is 1.67. The minimum absolute atomic E-state index is 0.202. The zero-order valence-electron chi connectivity index (χ0n) is 25.3. The number of nitrogens with one attached hydrogen (secondary N) is 1. The van der Waals surface area contributed by atoms with Gasteiger partial charge in [0.15, 0.2) is 0 Å². The number of benzene rings is 1. The predicted octanol–water partition coefficient (Wildman–Crippen LogP) is 3.85. The van der Waals surface area contributed by atoms with Gasteiger partial charge >= 0.3 is 19.9 Å². The third-order valence-electron chi connectivity index (χ3n) is 7.74. The van der Waals surface area contributed by atoms with E-state index in [9.17, 15) is 39.3 Å². The number of carbonyl (C=O) groups excluding carboxylic acids is 2. The first-order valence-corrected chi connectivity index (χ1v) is 16.7. The number of hydrogen-bond donors (Lipinski definition) is 6. The van der Waals surface area contributed by atoms with Crippen LogP contribution in [0.15, 0.2) is 78.9 Å². The van der Waals surface area contributed by atoms with Crippen molar-refractivity contribution >= 4 is 19.9 Å². The Bertz CT molecular complexity index is 1260. The molecule has 248 valence electrons. The van der Waals surface area contributed by atoms with Crippen LogP contribution < -0.4 is 10.1 Å². The Balaban J connectivity index is 1.78. The van der Waals surface area contributed by atoms with Crippen LogP contribution in [0.1, 0.15) is 51.9 Å². The number of rotatable bonds is 15. The molecular weight excluding hydrogens is 605 g/mol. The number of amides is 1. The van der Waals surface area contributed by atoms with Gasteiger partial charge in [0.05, 0.1) is 12.2 Å². The fourth-order valence-electron chi connectivity index (χ4n) is 5.32. The lowest BCUT2D eigenvalue weighted by atomic mass is 9.86. The van der Waals surface area contributed by atoms with E-state index in [0.717, 1.165) is 19.3 Å². The molecule has 1 heterocycles. The van der Waals surface area contributed by atoms with Crippen molar-refractivity contribution < 1.29 is 53.3 Å². The van der Waals surface area contributed by atoms with Gasteiger partial charge in [-0.05, 0) is 56.2 Å². The highest BCUT2D eigenvalue weighted by Gasteiger charge is 2.41. The van der Waals surface area contributed by atoms with E-state index in [-0.39, 0.29) is 36.7 Å². The molecule has 1 amide bonds. The monoisotopic (exact) mass is 649 g/mol. The molecule has 1 saturated carbocycles. The first-order chi connectivity index (χ1) is 21.4. The number of hydrogen-bond acceptors (Lipinski definition) is 9. The summed E-state index contributed by atoms with van der Waals surface area (Å²) in [4.78, 5) is 43.7. The van der Waals surface area contributed by atoms with Crippen molar-refractivity contribution in [3.63, 3.8) is 0 Å². The Morgan fingerprint density at radius 1 is 1.20 bits per heavy atom. The highest BCUT2D eigenvalue weighted by Crippen LogP contribution is 2.42. The highest BCUT2D eigenvalue weighted by atomic mass is 31.2. The van der Waals surface area contributed by atoms with Crippen LogP contribution >= 0.6 is 7.82 Å². The van der Waals surface area contributed by atoms with E-state index < -0.39 is 50.2 Å². The van der Waals surface area contributed by atoms with Crippen LogP contribution in [0.25, 0.3) is 0 Å². The van der Waals surface area contributed by atoms with Crippen molar-refractivity contribution in [1.29, 1.82) is 0 Å². The van der Waals surface area contributed by atoms with Crippen LogP contribution in [0.2, 0.25) is 0 Å². The zero-order valence-corrected chi connectivity index (χ0v) is 26.2. The summed E-state index contributed by atoms with van der Waals surface area (Å²) in [7, 11) is -5.19. The maximum atomic E-state index is 12.4. The molecule has 0 unspecified atom stereocenters. The number of phosphoric ester groups is 1. The van der Waals surface area contributed by atoms with E-state index >= 15 is 0 Å². The van der Waals surface area contributed by atoms with Crippen LogP contribution in [0.4, 0.5) is 4.79 Å². The number of carbonyl (C=O) groups is 2. The Hall–Kier alpha value is -3.09. The number of allylic oxidation sites excluding steroid dienone is 3. The standard InChI is InChI=1S/C32H44NO11P/c1-2-24-15-16-30(36)43-28(24)17-18-32(38,19-20-33-31(37)42-27-13-4-3-5-14-27)29(44-45(39,40)41)22-26(35)11-7-6-9-23-10-8-12-25(34)21-23/h3-7,9,11,13-18,23-26,28-29,34-35,38H,2,8,10,12,19-22H2,1H3,(H,33,37)(H2,39,40,41)/b9-6-,11-7-,18-17+/t23-,24+,25+,26+,28+,29-,32+/m1/s1. The summed E-state index contributed by atoms with van der Waals surface area (Å²) in [5.41, 5.74) is -2.16. The van der Waals surface area contributed by atoms with Gasteiger partial charge in [0.1, 0.15) is 23.6 Å². The number of ether oxygens (including phenoxy) is 2. The number of esters is 1. The van der Waals surface area contributed by atoms with Crippen LogP contribution in [0.5, 0.6) is 5.75 Å². The van der Waals surface area contributed by atoms with E-state index in [1.807, 2.05) is 13.0 Å². The third-order valence-corrected chi connectivity index (χ3v) is 8.27. The predicted molar refractivity (Wildman–Crippen MR) is 166 cm³/mol. The van der Waals surface area contributed by atoms with Gasteiger partial charge in [0.2, 0.25) is 0 Å². The van der Waals surface area contributed by atoms with Crippen LogP contribution in [0.3, 0.4) is 0 Å². The molecular formula is C32H44NO11P. The van der Waals surface area contributed by atoms with Crippen LogP contribution in [-0.2, 0) is 18.6 Å². The van der Waals surface area contributed by atoms with E-state index in [1.54, 1.807) is 48.6 Å². The topological polar surface area (TPSA) is 192 Å². The second-order valence-corrected chi connectivity index (χ2v) is 12.5. The molecule has 6 N–H and O–H groups in total. The summed E-state index contributed by atoms with van der Waals surface area (Å²) < 4.78 is 27.6. The fourth-order valence-corrected chi connectivity index (χ4v) is 5.92. The van der Waals surface area contributed by atoms with Gasteiger partial charge in [-0.25, -0.2) is 14.2 Å². The average molecular weight is 650 g/mol. The van der Waals surface area contributed by atoms with E-state index in [4.69, 9.17) is 14.0 Å². The van der Waals surface area contributed by atoms with Gasteiger partial charge in [0, 0.05) is 25.0 Å². The Labute approximate surface area is 263 Å². The Kier molecular flexibility index (Phi) is 14.2. The van der Waals surface area contributed by atoms with Gasteiger partial charge in [-0.3, -0.25) is 4.52 Å². The summed E-state index contributed by atoms with van der Waals surface area (Å²) in [5, 5.41) is 35.0. The van der Waals surface area contributed by atoms with Crippen molar-refractivity contribution in [2.75, 3.05) is 6.54 Å². The van der Waals surface area contributed by atoms with E-state index in [0.29, 0.717) is 12.8 Å². The molecule has 2 aliphatic rings. The second-order valence-electron chi connectivity index (χ2n) is 11.3. The molecule has 3 rings (SSSR count). The summed E-state index contributed by atoms with van der Waals surface area (Å²) in [6.07, 6.45) is 10.5.